The molecule has 2 aromatic carbocycles. The molecule has 0 fully saturated rings. The molecule has 0 saturated carbocycles. The topological polar surface area (TPSA) is 64.4 Å². The lowest BCUT2D eigenvalue weighted by Crippen LogP contribution is -2.13. The highest BCUT2D eigenvalue weighted by atomic mass is 16.5. The van der Waals surface area contributed by atoms with Crippen molar-refractivity contribution in [1.82, 2.24) is 5.16 Å². The zero-order valence-electron chi connectivity index (χ0n) is 13.6. The van der Waals surface area contributed by atoms with E-state index in [-0.39, 0.29) is 5.91 Å². The number of rotatable bonds is 5. The Morgan fingerprint density at radius 2 is 1.83 bits per heavy atom. The SMILES string of the molecule is CCOc1ccc(NC(=O)c2c(-c3ccccc3)noc2C)cc1. The predicted molar refractivity (Wildman–Crippen MR) is 92.2 cm³/mol. The van der Waals surface area contributed by atoms with E-state index in [2.05, 4.69) is 10.5 Å². The van der Waals surface area contributed by atoms with Crippen LogP contribution in [0.1, 0.15) is 23.0 Å². The van der Waals surface area contributed by atoms with Gasteiger partial charge in [-0.05, 0) is 38.1 Å². The van der Waals surface area contributed by atoms with Gasteiger partial charge in [0.15, 0.2) is 0 Å². The van der Waals surface area contributed by atoms with Crippen LogP contribution in [0.2, 0.25) is 0 Å². The molecular formula is C19H18N2O3. The van der Waals surface area contributed by atoms with Gasteiger partial charge in [0.05, 0.1) is 6.61 Å². The van der Waals surface area contributed by atoms with Crippen LogP contribution in [0.4, 0.5) is 5.69 Å². The van der Waals surface area contributed by atoms with Crippen LogP contribution in [-0.4, -0.2) is 17.7 Å². The van der Waals surface area contributed by atoms with Gasteiger partial charge in [-0.15, -0.1) is 0 Å². The highest BCUT2D eigenvalue weighted by molar-refractivity contribution is 6.08. The lowest BCUT2D eigenvalue weighted by atomic mass is 10.1. The number of aromatic nitrogens is 1. The van der Waals surface area contributed by atoms with Crippen molar-refractivity contribution in [2.45, 2.75) is 13.8 Å². The Morgan fingerprint density at radius 3 is 2.50 bits per heavy atom. The summed E-state index contributed by atoms with van der Waals surface area (Å²) in [6.07, 6.45) is 0. The fourth-order valence-electron chi connectivity index (χ4n) is 2.43. The fourth-order valence-corrected chi connectivity index (χ4v) is 2.43. The van der Waals surface area contributed by atoms with Crippen LogP contribution in [0.25, 0.3) is 11.3 Å². The zero-order valence-corrected chi connectivity index (χ0v) is 13.6. The number of amides is 1. The highest BCUT2D eigenvalue weighted by Crippen LogP contribution is 2.26. The van der Waals surface area contributed by atoms with Crippen molar-refractivity contribution in [1.29, 1.82) is 0 Å². The number of benzene rings is 2. The number of carbonyl (C=O) groups is 1. The molecule has 3 aromatic rings. The molecule has 0 aliphatic heterocycles. The molecule has 5 heteroatoms. The molecule has 0 saturated heterocycles. The third-order valence-corrected chi connectivity index (χ3v) is 3.56. The van der Waals surface area contributed by atoms with Crippen LogP contribution < -0.4 is 10.1 Å². The molecule has 5 nitrogen and oxygen atoms in total. The number of ether oxygens (including phenoxy) is 1. The number of nitrogens with zero attached hydrogens (tertiary/aromatic N) is 1. The average Bonchev–Trinajstić information content (AvgIpc) is 2.99. The van der Waals surface area contributed by atoms with Crippen LogP contribution >= 0.6 is 0 Å². The lowest BCUT2D eigenvalue weighted by Gasteiger charge is -2.07. The van der Waals surface area contributed by atoms with Crippen molar-refractivity contribution < 1.29 is 14.1 Å². The van der Waals surface area contributed by atoms with Crippen LogP contribution in [0, 0.1) is 6.92 Å². The minimum atomic E-state index is -0.253. The van der Waals surface area contributed by atoms with Gasteiger partial charge in [0.25, 0.3) is 5.91 Å². The van der Waals surface area contributed by atoms with Gasteiger partial charge in [0.2, 0.25) is 0 Å². The Hall–Kier alpha value is -3.08. The van der Waals surface area contributed by atoms with Crippen molar-refractivity contribution in [3.8, 4) is 17.0 Å². The smallest absolute Gasteiger partial charge is 0.261 e. The van der Waals surface area contributed by atoms with Gasteiger partial charge in [0.1, 0.15) is 22.8 Å². The van der Waals surface area contributed by atoms with Gasteiger partial charge >= 0.3 is 0 Å². The van der Waals surface area contributed by atoms with E-state index in [0.29, 0.717) is 29.3 Å². The van der Waals surface area contributed by atoms with Crippen LogP contribution in [0.5, 0.6) is 5.75 Å². The molecule has 0 atom stereocenters. The van der Waals surface area contributed by atoms with Crippen molar-refractivity contribution in [3.05, 3.63) is 65.9 Å². The molecule has 1 aromatic heterocycles. The van der Waals surface area contributed by atoms with Gasteiger partial charge in [-0.1, -0.05) is 35.5 Å². The average molecular weight is 322 g/mol. The maximum atomic E-state index is 12.7. The molecule has 0 aliphatic carbocycles. The first-order chi connectivity index (χ1) is 11.7. The van der Waals surface area contributed by atoms with E-state index in [9.17, 15) is 4.79 Å². The molecule has 3 rings (SSSR count). The third-order valence-electron chi connectivity index (χ3n) is 3.56. The highest BCUT2D eigenvalue weighted by Gasteiger charge is 2.21. The number of anilines is 1. The molecule has 1 heterocycles. The first kappa shape index (κ1) is 15.8. The van der Waals surface area contributed by atoms with E-state index < -0.39 is 0 Å². The van der Waals surface area contributed by atoms with Crippen molar-refractivity contribution >= 4 is 11.6 Å². The van der Waals surface area contributed by atoms with Crippen LogP contribution in [-0.2, 0) is 0 Å². The van der Waals surface area contributed by atoms with Crippen LogP contribution in [0.15, 0.2) is 59.1 Å². The summed E-state index contributed by atoms with van der Waals surface area (Å²) in [5.74, 6) is 0.996. The molecular weight excluding hydrogens is 304 g/mol. The van der Waals surface area contributed by atoms with Crippen molar-refractivity contribution in [2.75, 3.05) is 11.9 Å². The van der Waals surface area contributed by atoms with E-state index in [4.69, 9.17) is 9.26 Å². The number of hydrogen-bond acceptors (Lipinski definition) is 4. The second-order valence-electron chi connectivity index (χ2n) is 5.24. The lowest BCUT2D eigenvalue weighted by molar-refractivity contribution is 0.102. The predicted octanol–water partition coefficient (Wildman–Crippen LogP) is 4.30. The normalized spacial score (nSPS) is 10.4. The number of hydrogen-bond donors (Lipinski definition) is 1. The molecule has 1 N–H and O–H groups in total. The Bertz CT molecular complexity index is 824. The number of nitrogens with one attached hydrogen (secondary N) is 1. The number of carbonyl (C=O) groups excluding carboxylic acids is 1. The van der Waals surface area contributed by atoms with Gasteiger partial charge in [-0.25, -0.2) is 0 Å². The molecule has 122 valence electrons. The summed E-state index contributed by atoms with van der Waals surface area (Å²) in [6.45, 7) is 4.26. The van der Waals surface area contributed by atoms with E-state index in [1.54, 1.807) is 19.1 Å². The van der Waals surface area contributed by atoms with Crippen molar-refractivity contribution in [3.63, 3.8) is 0 Å². The Kier molecular flexibility index (Phi) is 4.61. The van der Waals surface area contributed by atoms with Gasteiger partial charge in [0, 0.05) is 11.3 Å². The summed E-state index contributed by atoms with van der Waals surface area (Å²) in [4.78, 5) is 12.7. The van der Waals surface area contributed by atoms with Gasteiger partial charge in [-0.2, -0.15) is 0 Å². The second-order valence-corrected chi connectivity index (χ2v) is 5.24. The minimum absolute atomic E-state index is 0.253. The zero-order chi connectivity index (χ0) is 16.9. The fraction of sp³-hybridized carbons (Fsp3) is 0.158. The van der Waals surface area contributed by atoms with E-state index in [1.807, 2.05) is 49.4 Å². The summed E-state index contributed by atoms with van der Waals surface area (Å²) < 4.78 is 10.6. The molecule has 24 heavy (non-hydrogen) atoms. The van der Waals surface area contributed by atoms with Crippen LogP contribution in [0.3, 0.4) is 0 Å². The Morgan fingerprint density at radius 1 is 1.12 bits per heavy atom. The van der Waals surface area contributed by atoms with E-state index in [1.165, 1.54) is 0 Å². The molecule has 1 amide bonds. The first-order valence-electron chi connectivity index (χ1n) is 7.75. The third kappa shape index (κ3) is 3.30. The summed E-state index contributed by atoms with van der Waals surface area (Å²) in [6, 6.07) is 16.7. The second kappa shape index (κ2) is 7.00. The first-order valence-corrected chi connectivity index (χ1v) is 7.75. The standard InChI is InChI=1S/C19H18N2O3/c1-3-23-16-11-9-15(10-12-16)20-19(22)17-13(2)24-21-18(17)14-7-5-4-6-8-14/h4-12H,3H2,1-2H3,(H,20,22). The molecule has 0 unspecified atom stereocenters. The molecule has 0 radical (unpaired) electrons. The van der Waals surface area contributed by atoms with Gasteiger partial charge < -0.3 is 14.6 Å². The quantitative estimate of drug-likeness (QED) is 0.760. The Labute approximate surface area is 140 Å². The Balaban J connectivity index is 1.84. The van der Waals surface area contributed by atoms with Crippen molar-refractivity contribution in [2.24, 2.45) is 0 Å². The van der Waals surface area contributed by atoms with E-state index in [0.717, 1.165) is 11.3 Å². The summed E-state index contributed by atoms with van der Waals surface area (Å²) in [5.41, 5.74) is 2.50. The summed E-state index contributed by atoms with van der Waals surface area (Å²) in [5, 5.41) is 6.90. The van der Waals surface area contributed by atoms with E-state index >= 15 is 0 Å². The molecule has 0 spiro atoms. The molecule has 0 bridgehead atoms. The minimum Gasteiger partial charge on any atom is -0.494 e. The molecule has 0 aliphatic rings. The largest absolute Gasteiger partial charge is 0.494 e. The monoisotopic (exact) mass is 322 g/mol. The maximum absolute atomic E-state index is 12.7. The summed E-state index contributed by atoms with van der Waals surface area (Å²) >= 11 is 0. The summed E-state index contributed by atoms with van der Waals surface area (Å²) in [7, 11) is 0. The maximum Gasteiger partial charge on any atom is 0.261 e. The van der Waals surface area contributed by atoms with Gasteiger partial charge in [-0.3, -0.25) is 4.79 Å². The number of aryl methyl sites for hydroxylation is 1.